The van der Waals surface area contributed by atoms with Crippen molar-refractivity contribution in [1.29, 1.82) is 0 Å². The fraction of sp³-hybridized carbons (Fsp3) is 1.00. The molecular weight excluding hydrogens is 176 g/mol. The van der Waals surface area contributed by atoms with Crippen LogP contribution in [0, 0.1) is 5.92 Å². The molecule has 2 nitrogen and oxygen atoms in total. The Labute approximate surface area is 76.4 Å². The first-order chi connectivity index (χ1) is 6.02. The third-order valence-electron chi connectivity index (χ3n) is 3.21. The number of alkyl halides is 2. The van der Waals surface area contributed by atoms with Gasteiger partial charge in [-0.25, -0.2) is 8.78 Å². The molecule has 0 spiro atoms. The van der Waals surface area contributed by atoms with E-state index in [4.69, 9.17) is 10.5 Å². The zero-order valence-electron chi connectivity index (χ0n) is 7.56. The SMILES string of the molecule is NC1(C2CCOCC2)CC(F)(F)C1. The number of nitrogens with two attached hydrogens (primary N) is 1. The first kappa shape index (κ1) is 9.34. The normalized spacial score (nSPS) is 32.5. The molecule has 2 rings (SSSR count). The molecule has 2 aliphatic rings. The monoisotopic (exact) mass is 191 g/mol. The molecule has 13 heavy (non-hydrogen) atoms. The molecule has 1 heterocycles. The predicted molar refractivity (Wildman–Crippen MR) is 44.6 cm³/mol. The van der Waals surface area contributed by atoms with Crippen molar-refractivity contribution in [2.75, 3.05) is 13.2 Å². The second kappa shape index (κ2) is 2.89. The van der Waals surface area contributed by atoms with Gasteiger partial charge in [0.15, 0.2) is 0 Å². The minimum absolute atomic E-state index is 0.134. The zero-order chi connectivity index (χ0) is 9.53. The molecule has 76 valence electrons. The van der Waals surface area contributed by atoms with Gasteiger partial charge in [-0.15, -0.1) is 0 Å². The Hall–Kier alpha value is -0.220. The first-order valence-corrected chi connectivity index (χ1v) is 4.76. The smallest absolute Gasteiger partial charge is 0.251 e. The Kier molecular flexibility index (Phi) is 2.07. The molecular formula is C9H15F2NO. The molecule has 0 aromatic carbocycles. The topological polar surface area (TPSA) is 35.2 Å². The highest BCUT2D eigenvalue weighted by molar-refractivity contribution is 5.07. The molecule has 0 amide bonds. The van der Waals surface area contributed by atoms with Crippen LogP contribution in [0.3, 0.4) is 0 Å². The van der Waals surface area contributed by atoms with Crippen LogP contribution >= 0.6 is 0 Å². The molecule has 1 aliphatic heterocycles. The van der Waals surface area contributed by atoms with Gasteiger partial charge in [-0.1, -0.05) is 0 Å². The van der Waals surface area contributed by atoms with Gasteiger partial charge < -0.3 is 10.5 Å². The molecule has 1 saturated carbocycles. The minimum Gasteiger partial charge on any atom is -0.381 e. The Bertz CT molecular complexity index is 194. The summed E-state index contributed by atoms with van der Waals surface area (Å²) >= 11 is 0. The molecule has 0 unspecified atom stereocenters. The van der Waals surface area contributed by atoms with Gasteiger partial charge in [0.2, 0.25) is 0 Å². The molecule has 2 fully saturated rings. The molecule has 1 aliphatic carbocycles. The van der Waals surface area contributed by atoms with E-state index < -0.39 is 11.5 Å². The van der Waals surface area contributed by atoms with Gasteiger partial charge >= 0.3 is 0 Å². The van der Waals surface area contributed by atoms with E-state index in [0.717, 1.165) is 12.8 Å². The van der Waals surface area contributed by atoms with Crippen molar-refractivity contribution in [2.24, 2.45) is 11.7 Å². The fourth-order valence-electron chi connectivity index (χ4n) is 2.47. The summed E-state index contributed by atoms with van der Waals surface area (Å²) in [6.45, 7) is 1.35. The van der Waals surface area contributed by atoms with Gasteiger partial charge in [0.25, 0.3) is 5.92 Å². The molecule has 1 saturated heterocycles. The molecule has 0 radical (unpaired) electrons. The summed E-state index contributed by atoms with van der Waals surface area (Å²) < 4.78 is 30.5. The van der Waals surface area contributed by atoms with Crippen LogP contribution in [0.2, 0.25) is 0 Å². The van der Waals surface area contributed by atoms with Crippen LogP contribution in [-0.2, 0) is 4.74 Å². The lowest BCUT2D eigenvalue weighted by Crippen LogP contribution is -2.63. The molecule has 0 aromatic rings. The van der Waals surface area contributed by atoms with Crippen molar-refractivity contribution in [3.63, 3.8) is 0 Å². The summed E-state index contributed by atoms with van der Waals surface area (Å²) in [7, 11) is 0. The van der Waals surface area contributed by atoms with Gasteiger partial charge in [0.1, 0.15) is 0 Å². The summed E-state index contributed by atoms with van der Waals surface area (Å²) in [6, 6.07) is 0. The van der Waals surface area contributed by atoms with E-state index in [1.165, 1.54) is 0 Å². The van der Waals surface area contributed by atoms with Crippen molar-refractivity contribution in [1.82, 2.24) is 0 Å². The largest absolute Gasteiger partial charge is 0.381 e. The van der Waals surface area contributed by atoms with Crippen LogP contribution in [0.25, 0.3) is 0 Å². The lowest BCUT2D eigenvalue weighted by Gasteiger charge is -2.50. The molecule has 4 heteroatoms. The van der Waals surface area contributed by atoms with Crippen molar-refractivity contribution in [2.45, 2.75) is 37.1 Å². The quantitative estimate of drug-likeness (QED) is 0.682. The van der Waals surface area contributed by atoms with Crippen molar-refractivity contribution in [3.05, 3.63) is 0 Å². The van der Waals surface area contributed by atoms with E-state index in [2.05, 4.69) is 0 Å². The fourth-order valence-corrected chi connectivity index (χ4v) is 2.47. The predicted octanol–water partition coefficient (Wildman–Crippen LogP) is 1.54. The van der Waals surface area contributed by atoms with Gasteiger partial charge in [0, 0.05) is 31.6 Å². The lowest BCUT2D eigenvalue weighted by atomic mass is 9.64. The van der Waals surface area contributed by atoms with Crippen LogP contribution in [-0.4, -0.2) is 24.7 Å². The Morgan fingerprint density at radius 1 is 1.15 bits per heavy atom. The Morgan fingerprint density at radius 3 is 2.15 bits per heavy atom. The van der Waals surface area contributed by atoms with E-state index >= 15 is 0 Å². The van der Waals surface area contributed by atoms with Crippen LogP contribution in [0.4, 0.5) is 8.78 Å². The summed E-state index contributed by atoms with van der Waals surface area (Å²) in [5, 5.41) is 0. The van der Waals surface area contributed by atoms with E-state index in [1.807, 2.05) is 0 Å². The highest BCUT2D eigenvalue weighted by Crippen LogP contribution is 2.49. The highest BCUT2D eigenvalue weighted by Gasteiger charge is 2.57. The maximum absolute atomic E-state index is 12.7. The highest BCUT2D eigenvalue weighted by atomic mass is 19.3. The number of hydrogen-bond donors (Lipinski definition) is 1. The summed E-state index contributed by atoms with van der Waals surface area (Å²) in [6.07, 6.45) is 1.41. The summed E-state index contributed by atoms with van der Waals surface area (Å²) in [5.41, 5.74) is 5.31. The molecule has 0 bridgehead atoms. The van der Waals surface area contributed by atoms with E-state index in [9.17, 15) is 8.78 Å². The van der Waals surface area contributed by atoms with Crippen LogP contribution in [0.15, 0.2) is 0 Å². The molecule has 2 N–H and O–H groups in total. The standard InChI is InChI=1S/C9H15F2NO/c10-9(11)5-8(12,6-9)7-1-3-13-4-2-7/h7H,1-6,12H2. The molecule has 0 aromatic heterocycles. The molecule has 0 atom stereocenters. The van der Waals surface area contributed by atoms with Crippen molar-refractivity contribution in [3.8, 4) is 0 Å². The van der Waals surface area contributed by atoms with Crippen LogP contribution in [0.5, 0.6) is 0 Å². The summed E-state index contributed by atoms with van der Waals surface area (Å²) in [4.78, 5) is 0. The third-order valence-corrected chi connectivity index (χ3v) is 3.21. The summed E-state index contributed by atoms with van der Waals surface area (Å²) in [5.74, 6) is -2.27. The maximum Gasteiger partial charge on any atom is 0.251 e. The van der Waals surface area contributed by atoms with Gasteiger partial charge in [0.05, 0.1) is 0 Å². The second-order valence-corrected chi connectivity index (χ2v) is 4.33. The van der Waals surface area contributed by atoms with Gasteiger partial charge in [-0.2, -0.15) is 0 Å². The third kappa shape index (κ3) is 1.70. The van der Waals surface area contributed by atoms with Crippen LogP contribution in [0.1, 0.15) is 25.7 Å². The Morgan fingerprint density at radius 2 is 1.69 bits per heavy atom. The van der Waals surface area contributed by atoms with Gasteiger partial charge in [-0.05, 0) is 18.8 Å². The number of halogens is 2. The average Bonchev–Trinajstić information content (AvgIpc) is 2.02. The maximum atomic E-state index is 12.7. The number of rotatable bonds is 1. The van der Waals surface area contributed by atoms with E-state index in [1.54, 1.807) is 0 Å². The second-order valence-electron chi connectivity index (χ2n) is 4.33. The van der Waals surface area contributed by atoms with E-state index in [0.29, 0.717) is 13.2 Å². The van der Waals surface area contributed by atoms with Gasteiger partial charge in [-0.3, -0.25) is 0 Å². The minimum atomic E-state index is -2.51. The lowest BCUT2D eigenvalue weighted by molar-refractivity contribution is -0.149. The average molecular weight is 191 g/mol. The van der Waals surface area contributed by atoms with Crippen molar-refractivity contribution < 1.29 is 13.5 Å². The number of hydrogen-bond acceptors (Lipinski definition) is 2. The zero-order valence-corrected chi connectivity index (χ0v) is 7.56. The first-order valence-electron chi connectivity index (χ1n) is 4.76. The van der Waals surface area contributed by atoms with Crippen molar-refractivity contribution >= 4 is 0 Å². The Balaban J connectivity index is 1.93. The van der Waals surface area contributed by atoms with E-state index in [-0.39, 0.29) is 18.8 Å². The van der Waals surface area contributed by atoms with Crippen LogP contribution < -0.4 is 5.73 Å². The number of ether oxygens (including phenoxy) is 1.